The van der Waals surface area contributed by atoms with Crippen molar-refractivity contribution in [1.82, 2.24) is 10.2 Å². The van der Waals surface area contributed by atoms with Crippen molar-refractivity contribution < 1.29 is 9.53 Å². The highest BCUT2D eigenvalue weighted by Crippen LogP contribution is 2.16. The first-order chi connectivity index (χ1) is 9.63. The van der Waals surface area contributed by atoms with E-state index >= 15 is 0 Å². The molecule has 5 nitrogen and oxygen atoms in total. The number of nitrogens with zero attached hydrogens (tertiary/aromatic N) is 1. The lowest BCUT2D eigenvalue weighted by Crippen LogP contribution is -2.30. The first kappa shape index (κ1) is 16.5. The molecule has 5 heteroatoms. The van der Waals surface area contributed by atoms with Crippen molar-refractivity contribution >= 4 is 5.91 Å². The molecule has 3 N–H and O–H groups in total. The summed E-state index contributed by atoms with van der Waals surface area (Å²) < 4.78 is 5.48. The van der Waals surface area contributed by atoms with Crippen LogP contribution in [0.4, 0.5) is 0 Å². The zero-order valence-corrected chi connectivity index (χ0v) is 12.4. The van der Waals surface area contributed by atoms with Crippen LogP contribution in [0.5, 0.6) is 5.75 Å². The summed E-state index contributed by atoms with van der Waals surface area (Å²) in [6.07, 6.45) is 2.05. The molecule has 0 bridgehead atoms. The number of unbranched alkanes of at least 4 members (excludes halogenated alkanes) is 1. The molecule has 0 fully saturated rings. The molecule has 0 radical (unpaired) electrons. The highest BCUT2D eigenvalue weighted by molar-refractivity contribution is 5.77. The van der Waals surface area contributed by atoms with Crippen LogP contribution in [0.15, 0.2) is 24.3 Å². The molecule has 0 aromatic heterocycles. The normalized spacial score (nSPS) is 10.6. The fourth-order valence-corrected chi connectivity index (χ4v) is 1.79. The minimum Gasteiger partial charge on any atom is -0.483 e. The Balaban J connectivity index is 2.19. The molecule has 1 amide bonds. The summed E-state index contributed by atoms with van der Waals surface area (Å²) in [7, 11) is 4.09. The Labute approximate surface area is 121 Å². The van der Waals surface area contributed by atoms with Gasteiger partial charge in [-0.25, -0.2) is 0 Å². The maximum Gasteiger partial charge on any atom is 0.257 e. The second-order valence-electron chi connectivity index (χ2n) is 4.96. The van der Waals surface area contributed by atoms with E-state index in [9.17, 15) is 4.79 Å². The Kier molecular flexibility index (Phi) is 7.69. The smallest absolute Gasteiger partial charge is 0.257 e. The van der Waals surface area contributed by atoms with Gasteiger partial charge in [0.05, 0.1) is 0 Å². The van der Waals surface area contributed by atoms with Crippen LogP contribution in [-0.2, 0) is 11.3 Å². The zero-order valence-electron chi connectivity index (χ0n) is 12.4. The summed E-state index contributed by atoms with van der Waals surface area (Å²) in [6, 6.07) is 7.49. The molecule has 0 aliphatic heterocycles. The van der Waals surface area contributed by atoms with Crippen LogP contribution in [0, 0.1) is 0 Å². The van der Waals surface area contributed by atoms with Crippen LogP contribution in [0.25, 0.3) is 0 Å². The van der Waals surface area contributed by atoms with Gasteiger partial charge in [0, 0.05) is 18.7 Å². The molecule has 0 saturated heterocycles. The highest BCUT2D eigenvalue weighted by Gasteiger charge is 2.05. The van der Waals surface area contributed by atoms with E-state index in [1.54, 1.807) is 0 Å². The number of para-hydroxylation sites is 1. The van der Waals surface area contributed by atoms with Crippen LogP contribution in [0.3, 0.4) is 0 Å². The average molecular weight is 279 g/mol. The number of hydrogen-bond donors (Lipinski definition) is 2. The number of rotatable bonds is 9. The van der Waals surface area contributed by atoms with Crippen LogP contribution >= 0.6 is 0 Å². The van der Waals surface area contributed by atoms with Crippen LogP contribution in [-0.4, -0.2) is 44.6 Å². The number of nitrogens with two attached hydrogens (primary N) is 1. The molecule has 0 unspecified atom stereocenters. The predicted molar refractivity (Wildman–Crippen MR) is 80.6 cm³/mol. The van der Waals surface area contributed by atoms with Gasteiger partial charge in [-0.15, -0.1) is 0 Å². The Morgan fingerprint density at radius 2 is 2.05 bits per heavy atom. The van der Waals surface area contributed by atoms with Crippen LogP contribution in [0.1, 0.15) is 18.4 Å². The van der Waals surface area contributed by atoms with E-state index in [4.69, 9.17) is 10.5 Å². The van der Waals surface area contributed by atoms with Gasteiger partial charge in [-0.05, 0) is 39.5 Å². The topological polar surface area (TPSA) is 67.6 Å². The number of hydrogen-bond acceptors (Lipinski definition) is 4. The van der Waals surface area contributed by atoms with Crippen LogP contribution < -0.4 is 15.8 Å². The second-order valence-corrected chi connectivity index (χ2v) is 4.96. The fourth-order valence-electron chi connectivity index (χ4n) is 1.79. The van der Waals surface area contributed by atoms with Gasteiger partial charge < -0.3 is 20.7 Å². The molecule has 20 heavy (non-hydrogen) atoms. The highest BCUT2D eigenvalue weighted by atomic mass is 16.5. The Bertz CT molecular complexity index is 408. The van der Waals surface area contributed by atoms with Crippen LogP contribution in [0.2, 0.25) is 0 Å². The maximum atomic E-state index is 11.6. The molecule has 0 saturated carbocycles. The lowest BCUT2D eigenvalue weighted by atomic mass is 10.2. The summed E-state index contributed by atoms with van der Waals surface area (Å²) >= 11 is 0. The van der Waals surface area contributed by atoms with Gasteiger partial charge in [0.25, 0.3) is 5.91 Å². The maximum absolute atomic E-state index is 11.6. The number of ether oxygens (including phenoxy) is 1. The van der Waals surface area contributed by atoms with Crippen molar-refractivity contribution in [2.45, 2.75) is 19.4 Å². The van der Waals surface area contributed by atoms with Gasteiger partial charge in [-0.3, -0.25) is 4.79 Å². The van der Waals surface area contributed by atoms with Gasteiger partial charge in [0.1, 0.15) is 5.75 Å². The molecule has 0 atom stereocenters. The standard InChI is InChI=1S/C15H25N3O2/c1-18(2)10-6-5-9-17-15(19)12-20-14-8-4-3-7-13(14)11-16/h3-4,7-8H,5-6,9-12,16H2,1-2H3,(H,17,19). The van der Waals surface area contributed by atoms with E-state index in [1.165, 1.54) is 0 Å². The van der Waals surface area contributed by atoms with E-state index in [0.717, 1.165) is 24.9 Å². The molecule has 0 aliphatic rings. The van der Waals surface area contributed by atoms with Gasteiger partial charge >= 0.3 is 0 Å². The molecule has 0 spiro atoms. The molecule has 0 aliphatic carbocycles. The monoisotopic (exact) mass is 279 g/mol. The lowest BCUT2D eigenvalue weighted by Gasteiger charge is -2.11. The predicted octanol–water partition coefficient (Wildman–Crippen LogP) is 0.982. The minimum atomic E-state index is -0.0957. The van der Waals surface area contributed by atoms with Crippen molar-refractivity contribution in [1.29, 1.82) is 0 Å². The molecule has 0 heterocycles. The van der Waals surface area contributed by atoms with E-state index in [1.807, 2.05) is 38.4 Å². The van der Waals surface area contributed by atoms with Crippen molar-refractivity contribution in [3.63, 3.8) is 0 Å². The van der Waals surface area contributed by atoms with Gasteiger partial charge in [-0.1, -0.05) is 18.2 Å². The van der Waals surface area contributed by atoms with Crippen molar-refractivity contribution in [2.24, 2.45) is 5.73 Å². The molecular weight excluding hydrogens is 254 g/mol. The van der Waals surface area contributed by atoms with E-state index in [2.05, 4.69) is 10.2 Å². The Morgan fingerprint density at radius 3 is 2.75 bits per heavy atom. The van der Waals surface area contributed by atoms with E-state index in [-0.39, 0.29) is 12.5 Å². The van der Waals surface area contributed by atoms with Crippen molar-refractivity contribution in [3.05, 3.63) is 29.8 Å². The SMILES string of the molecule is CN(C)CCCCNC(=O)COc1ccccc1CN. The molecule has 112 valence electrons. The number of carbonyl (C=O) groups excluding carboxylic acids is 1. The summed E-state index contributed by atoms with van der Waals surface area (Å²) in [5, 5.41) is 2.85. The first-order valence-corrected chi connectivity index (χ1v) is 6.95. The first-order valence-electron chi connectivity index (χ1n) is 6.95. The average Bonchev–Trinajstić information content (AvgIpc) is 2.44. The van der Waals surface area contributed by atoms with Crippen molar-refractivity contribution in [3.8, 4) is 5.75 Å². The largest absolute Gasteiger partial charge is 0.483 e. The molecule has 1 rings (SSSR count). The Hall–Kier alpha value is -1.59. The quantitative estimate of drug-likeness (QED) is 0.661. The summed E-state index contributed by atoms with van der Waals surface area (Å²) in [5.74, 6) is 0.583. The number of benzene rings is 1. The van der Waals surface area contributed by atoms with Gasteiger partial charge in [-0.2, -0.15) is 0 Å². The third-order valence-corrected chi connectivity index (χ3v) is 2.91. The summed E-state index contributed by atoms with van der Waals surface area (Å²) in [4.78, 5) is 13.8. The summed E-state index contributed by atoms with van der Waals surface area (Å²) in [6.45, 7) is 2.16. The van der Waals surface area contributed by atoms with Crippen molar-refractivity contribution in [2.75, 3.05) is 33.8 Å². The van der Waals surface area contributed by atoms with E-state index < -0.39 is 0 Å². The lowest BCUT2D eigenvalue weighted by molar-refractivity contribution is -0.123. The molecule has 1 aromatic carbocycles. The number of nitrogens with one attached hydrogen (secondary N) is 1. The third kappa shape index (κ3) is 6.54. The molecule has 1 aromatic rings. The van der Waals surface area contributed by atoms with E-state index in [0.29, 0.717) is 18.8 Å². The minimum absolute atomic E-state index is 0.0324. The Morgan fingerprint density at radius 1 is 1.30 bits per heavy atom. The zero-order chi connectivity index (χ0) is 14.8. The molecular formula is C15H25N3O2. The fraction of sp³-hybridized carbons (Fsp3) is 0.533. The number of amides is 1. The van der Waals surface area contributed by atoms with Gasteiger partial charge in [0.15, 0.2) is 6.61 Å². The summed E-state index contributed by atoms with van der Waals surface area (Å²) in [5.41, 5.74) is 6.52. The second kappa shape index (κ2) is 9.34. The third-order valence-electron chi connectivity index (χ3n) is 2.91. The van der Waals surface area contributed by atoms with Gasteiger partial charge in [0.2, 0.25) is 0 Å². The number of carbonyl (C=O) groups is 1.